The average Bonchev–Trinajstić information content (AvgIpc) is 2.20. The van der Waals surface area contributed by atoms with Crippen molar-refractivity contribution in [2.45, 2.75) is 13.7 Å². The number of hydrogen-bond acceptors (Lipinski definition) is 1. The minimum atomic E-state index is 0.632. The molecule has 56 valence electrons. The van der Waals surface area contributed by atoms with E-state index < -0.39 is 0 Å². The molecule has 1 heterocycles. The van der Waals surface area contributed by atoms with Crippen LogP contribution in [-0.4, -0.2) is 11.7 Å². The summed E-state index contributed by atoms with van der Waals surface area (Å²) in [5.74, 6) is 1.20. The van der Waals surface area contributed by atoms with Crippen molar-refractivity contribution in [3.05, 3.63) is 18.2 Å². The Morgan fingerprint density at radius 3 is 2.80 bits per heavy atom. The highest BCUT2D eigenvalue weighted by Gasteiger charge is 2.06. The van der Waals surface area contributed by atoms with Crippen molar-refractivity contribution < 1.29 is 9.30 Å². The van der Waals surface area contributed by atoms with Gasteiger partial charge in [-0.25, -0.2) is 9.13 Å². The van der Waals surface area contributed by atoms with E-state index in [2.05, 4.69) is 11.5 Å². The predicted octanol–water partition coefficient (Wildman–Crippen LogP) is 0.225. The van der Waals surface area contributed by atoms with Gasteiger partial charge in [-0.1, -0.05) is 0 Å². The monoisotopic (exact) mass is 141 g/mol. The number of methoxy groups -OCH3 is 1. The van der Waals surface area contributed by atoms with Crippen LogP contribution >= 0.6 is 0 Å². The zero-order chi connectivity index (χ0) is 7.56. The Hall–Kier alpha value is -0.830. The lowest BCUT2D eigenvalue weighted by atomic mass is 10.7. The molecule has 0 atom stereocenters. The van der Waals surface area contributed by atoms with Crippen LogP contribution in [0.1, 0.15) is 5.82 Å². The fourth-order valence-electron chi connectivity index (χ4n) is 0.874. The molecule has 1 aromatic rings. The molecule has 0 unspecified atom stereocenters. The van der Waals surface area contributed by atoms with Crippen LogP contribution in [0, 0.1) is 6.92 Å². The van der Waals surface area contributed by atoms with E-state index >= 15 is 0 Å². The van der Waals surface area contributed by atoms with Gasteiger partial charge in [0.2, 0.25) is 0 Å². The standard InChI is InChI=1S/C7H13N2O/c1-7-8(2)4-5-9(7)6-10-3/h4-5H,6H2,1-3H3/q+1. The van der Waals surface area contributed by atoms with Crippen molar-refractivity contribution >= 4 is 0 Å². The van der Waals surface area contributed by atoms with E-state index in [4.69, 9.17) is 4.74 Å². The highest BCUT2D eigenvalue weighted by Crippen LogP contribution is 1.91. The summed E-state index contributed by atoms with van der Waals surface area (Å²) in [6.45, 7) is 2.69. The SMILES string of the molecule is COCn1cc[n+](C)c1C. The van der Waals surface area contributed by atoms with Crippen molar-refractivity contribution in [2.75, 3.05) is 7.11 Å². The molecule has 0 radical (unpaired) electrons. The lowest BCUT2D eigenvalue weighted by molar-refractivity contribution is -0.677. The van der Waals surface area contributed by atoms with Crippen molar-refractivity contribution in [3.8, 4) is 0 Å². The van der Waals surface area contributed by atoms with E-state index in [9.17, 15) is 0 Å². The minimum Gasteiger partial charge on any atom is -0.345 e. The summed E-state index contributed by atoms with van der Waals surface area (Å²) in [7, 11) is 3.71. The van der Waals surface area contributed by atoms with E-state index in [-0.39, 0.29) is 0 Å². The Kier molecular flexibility index (Phi) is 2.06. The maximum Gasteiger partial charge on any atom is 0.254 e. The van der Waals surface area contributed by atoms with Crippen LogP contribution in [0.2, 0.25) is 0 Å². The maximum atomic E-state index is 4.97. The first kappa shape index (κ1) is 7.28. The van der Waals surface area contributed by atoms with Gasteiger partial charge < -0.3 is 4.74 Å². The molecule has 0 saturated heterocycles. The van der Waals surface area contributed by atoms with Gasteiger partial charge in [0, 0.05) is 14.0 Å². The summed E-state index contributed by atoms with van der Waals surface area (Å²) in [5.41, 5.74) is 0. The van der Waals surface area contributed by atoms with Gasteiger partial charge in [-0.3, -0.25) is 0 Å². The minimum absolute atomic E-state index is 0.632. The second-order valence-electron chi connectivity index (χ2n) is 2.34. The fourth-order valence-corrected chi connectivity index (χ4v) is 0.874. The van der Waals surface area contributed by atoms with Gasteiger partial charge >= 0.3 is 0 Å². The first-order valence-corrected chi connectivity index (χ1v) is 3.26. The molecular weight excluding hydrogens is 128 g/mol. The molecule has 0 aromatic carbocycles. The van der Waals surface area contributed by atoms with E-state index in [1.165, 1.54) is 5.82 Å². The number of ether oxygens (including phenoxy) is 1. The van der Waals surface area contributed by atoms with E-state index in [1.807, 2.05) is 24.0 Å². The van der Waals surface area contributed by atoms with Gasteiger partial charge in [0.05, 0.1) is 7.05 Å². The van der Waals surface area contributed by atoms with Crippen LogP contribution in [-0.2, 0) is 18.5 Å². The number of aryl methyl sites for hydroxylation is 1. The molecule has 0 aliphatic carbocycles. The average molecular weight is 141 g/mol. The molecule has 3 nitrogen and oxygen atoms in total. The Labute approximate surface area is 60.9 Å². The largest absolute Gasteiger partial charge is 0.345 e. The molecule has 0 aliphatic heterocycles. The molecule has 0 spiro atoms. The van der Waals surface area contributed by atoms with Crippen molar-refractivity contribution in [2.24, 2.45) is 7.05 Å². The highest BCUT2D eigenvalue weighted by molar-refractivity contribution is 4.77. The number of imidazole rings is 1. The summed E-state index contributed by atoms with van der Waals surface area (Å²) in [6.07, 6.45) is 4.01. The first-order valence-electron chi connectivity index (χ1n) is 3.26. The smallest absolute Gasteiger partial charge is 0.254 e. The van der Waals surface area contributed by atoms with Gasteiger partial charge in [-0.2, -0.15) is 0 Å². The van der Waals surface area contributed by atoms with Crippen molar-refractivity contribution in [3.63, 3.8) is 0 Å². The van der Waals surface area contributed by atoms with Crippen LogP contribution < -0.4 is 4.57 Å². The topological polar surface area (TPSA) is 18.0 Å². The molecule has 1 rings (SSSR count). The van der Waals surface area contributed by atoms with Crippen LogP contribution in [0.5, 0.6) is 0 Å². The van der Waals surface area contributed by atoms with Crippen molar-refractivity contribution in [1.29, 1.82) is 0 Å². The Morgan fingerprint density at radius 1 is 1.70 bits per heavy atom. The lowest BCUT2D eigenvalue weighted by Crippen LogP contribution is -2.29. The van der Waals surface area contributed by atoms with Crippen LogP contribution in [0.15, 0.2) is 12.4 Å². The fraction of sp³-hybridized carbons (Fsp3) is 0.571. The number of hydrogen-bond donors (Lipinski definition) is 0. The van der Waals surface area contributed by atoms with Crippen LogP contribution in [0.3, 0.4) is 0 Å². The second kappa shape index (κ2) is 2.84. The molecular formula is C7H13N2O+. The lowest BCUT2D eigenvalue weighted by Gasteiger charge is -1.94. The van der Waals surface area contributed by atoms with E-state index in [1.54, 1.807) is 7.11 Å². The van der Waals surface area contributed by atoms with Gasteiger partial charge in [0.1, 0.15) is 12.4 Å². The van der Waals surface area contributed by atoms with Crippen LogP contribution in [0.25, 0.3) is 0 Å². The van der Waals surface area contributed by atoms with Gasteiger partial charge in [0.15, 0.2) is 6.73 Å². The summed E-state index contributed by atoms with van der Waals surface area (Å²) < 4.78 is 9.07. The molecule has 3 heteroatoms. The third kappa shape index (κ3) is 1.19. The summed E-state index contributed by atoms with van der Waals surface area (Å²) >= 11 is 0. The zero-order valence-corrected chi connectivity index (χ0v) is 6.66. The predicted molar refractivity (Wildman–Crippen MR) is 37.4 cm³/mol. The Bertz CT molecular complexity index is 217. The first-order chi connectivity index (χ1) is 4.75. The maximum absolute atomic E-state index is 4.97. The molecule has 0 aliphatic rings. The molecule has 1 aromatic heterocycles. The normalized spacial score (nSPS) is 10.3. The van der Waals surface area contributed by atoms with Crippen LogP contribution in [0.4, 0.5) is 0 Å². The summed E-state index contributed by atoms with van der Waals surface area (Å²) in [4.78, 5) is 0. The quantitative estimate of drug-likeness (QED) is 0.539. The van der Waals surface area contributed by atoms with Crippen molar-refractivity contribution in [1.82, 2.24) is 4.57 Å². The molecule has 0 N–H and O–H groups in total. The van der Waals surface area contributed by atoms with E-state index in [0.717, 1.165) is 0 Å². The number of aromatic nitrogens is 2. The Balaban J connectivity index is 2.83. The molecule has 0 fully saturated rings. The second-order valence-corrected chi connectivity index (χ2v) is 2.34. The molecule has 0 bridgehead atoms. The Morgan fingerprint density at radius 2 is 2.40 bits per heavy atom. The third-order valence-corrected chi connectivity index (χ3v) is 1.66. The molecule has 0 amide bonds. The summed E-state index contributed by atoms with van der Waals surface area (Å²) in [6, 6.07) is 0. The zero-order valence-electron chi connectivity index (χ0n) is 6.66. The molecule has 0 saturated carbocycles. The third-order valence-electron chi connectivity index (χ3n) is 1.66. The molecule has 10 heavy (non-hydrogen) atoms. The summed E-state index contributed by atoms with van der Waals surface area (Å²) in [5, 5.41) is 0. The highest BCUT2D eigenvalue weighted by atomic mass is 16.5. The van der Waals surface area contributed by atoms with Gasteiger partial charge in [-0.05, 0) is 0 Å². The van der Waals surface area contributed by atoms with E-state index in [0.29, 0.717) is 6.73 Å². The number of nitrogens with zero attached hydrogens (tertiary/aromatic N) is 2. The van der Waals surface area contributed by atoms with Gasteiger partial charge in [-0.15, -0.1) is 0 Å². The number of rotatable bonds is 2. The van der Waals surface area contributed by atoms with Gasteiger partial charge in [0.25, 0.3) is 5.82 Å².